The molecule has 0 aliphatic rings. The molecule has 0 bridgehead atoms. The number of unbranched alkanes of at least 4 members (excludes halogenated alkanes) is 19. The van der Waals surface area contributed by atoms with Crippen molar-refractivity contribution in [1.29, 1.82) is 0 Å². The van der Waals surface area contributed by atoms with E-state index in [-0.39, 0.29) is 19.4 Å². The smallest absolute Gasteiger partial charge is 0.462 e. The van der Waals surface area contributed by atoms with Crippen LogP contribution in [-0.4, -0.2) is 41.0 Å². The minimum Gasteiger partial charge on any atom is -0.462 e. The van der Waals surface area contributed by atoms with Crippen molar-refractivity contribution in [2.45, 2.75) is 193 Å². The van der Waals surface area contributed by atoms with Gasteiger partial charge in [0.05, 0.1) is 6.61 Å². The Bertz CT molecular complexity index is 968. The fraction of sp³-hybridized carbons (Fsp3) is 0.762. The van der Waals surface area contributed by atoms with E-state index in [0.717, 1.165) is 77.0 Å². The summed E-state index contributed by atoms with van der Waals surface area (Å²) in [5.74, 6) is -0.906. The van der Waals surface area contributed by atoms with Gasteiger partial charge in [0.25, 0.3) is 0 Å². The van der Waals surface area contributed by atoms with E-state index in [1.54, 1.807) is 0 Å². The minimum atomic E-state index is -4.76. The number of phosphoric ester groups is 1. The summed E-state index contributed by atoms with van der Waals surface area (Å²) in [5.41, 5.74) is 0. The van der Waals surface area contributed by atoms with Crippen molar-refractivity contribution in [2.75, 3.05) is 13.2 Å². The van der Waals surface area contributed by atoms with Crippen molar-refractivity contribution in [2.24, 2.45) is 0 Å². The van der Waals surface area contributed by atoms with Crippen molar-refractivity contribution in [1.82, 2.24) is 0 Å². The van der Waals surface area contributed by atoms with Gasteiger partial charge in [-0.05, 0) is 70.6 Å². The van der Waals surface area contributed by atoms with Gasteiger partial charge in [-0.3, -0.25) is 14.1 Å². The summed E-state index contributed by atoms with van der Waals surface area (Å²) in [6.45, 7) is 3.56. The number of carbonyl (C=O) groups is 2. The highest BCUT2D eigenvalue weighted by Crippen LogP contribution is 2.36. The summed E-state index contributed by atoms with van der Waals surface area (Å²) >= 11 is 0. The lowest BCUT2D eigenvalue weighted by Gasteiger charge is -2.18. The fourth-order valence-corrected chi connectivity index (χ4v) is 5.92. The molecular weight excluding hydrogens is 663 g/mol. The van der Waals surface area contributed by atoms with Crippen molar-refractivity contribution in [3.63, 3.8) is 0 Å². The van der Waals surface area contributed by atoms with Gasteiger partial charge < -0.3 is 19.3 Å². The third-order valence-corrected chi connectivity index (χ3v) is 9.07. The quantitative estimate of drug-likeness (QED) is 0.0280. The lowest BCUT2D eigenvalue weighted by Crippen LogP contribution is -2.29. The largest absolute Gasteiger partial charge is 0.469 e. The highest BCUT2D eigenvalue weighted by Gasteiger charge is 2.22. The lowest BCUT2D eigenvalue weighted by molar-refractivity contribution is -0.161. The van der Waals surface area contributed by atoms with Gasteiger partial charge in [0.1, 0.15) is 6.61 Å². The predicted molar refractivity (Wildman–Crippen MR) is 211 cm³/mol. The molecule has 296 valence electrons. The van der Waals surface area contributed by atoms with Crippen LogP contribution in [0.1, 0.15) is 187 Å². The van der Waals surface area contributed by atoms with Crippen molar-refractivity contribution in [3.8, 4) is 0 Å². The number of hydrogen-bond acceptors (Lipinski definition) is 6. The van der Waals surface area contributed by atoms with Crippen LogP contribution in [0.2, 0.25) is 0 Å². The molecule has 0 aliphatic heterocycles. The summed E-state index contributed by atoms with van der Waals surface area (Å²) in [4.78, 5) is 42.8. The topological polar surface area (TPSA) is 119 Å². The van der Waals surface area contributed by atoms with Gasteiger partial charge in [-0.1, -0.05) is 152 Å². The molecule has 0 aromatic heterocycles. The van der Waals surface area contributed by atoms with Crippen molar-refractivity contribution >= 4 is 19.8 Å². The Morgan fingerprint density at radius 3 is 1.43 bits per heavy atom. The molecule has 0 radical (unpaired) electrons. The Morgan fingerprint density at radius 2 is 0.941 bits per heavy atom. The molecule has 0 rings (SSSR count). The Kier molecular flexibility index (Phi) is 36.3. The van der Waals surface area contributed by atoms with Crippen LogP contribution in [0, 0.1) is 0 Å². The molecule has 0 heterocycles. The number of carbonyl (C=O) groups excluding carboxylic acids is 2. The second-order valence-electron chi connectivity index (χ2n) is 13.6. The molecule has 0 aliphatic carbocycles. The molecule has 0 saturated carbocycles. The van der Waals surface area contributed by atoms with Crippen molar-refractivity contribution < 1.29 is 37.9 Å². The molecule has 0 amide bonds. The Balaban J connectivity index is 3.96. The summed E-state index contributed by atoms with van der Waals surface area (Å²) in [7, 11) is -4.76. The normalized spacial score (nSPS) is 12.9. The Labute approximate surface area is 312 Å². The van der Waals surface area contributed by atoms with E-state index >= 15 is 0 Å². The summed E-state index contributed by atoms with van der Waals surface area (Å²) in [6.07, 6.45) is 45.4. The van der Waals surface area contributed by atoms with Crippen LogP contribution in [0.3, 0.4) is 0 Å². The van der Waals surface area contributed by atoms with E-state index in [2.05, 4.69) is 67.0 Å². The number of phosphoric acid groups is 1. The van der Waals surface area contributed by atoms with Crippen LogP contribution in [0.5, 0.6) is 0 Å². The lowest BCUT2D eigenvalue weighted by atomic mass is 10.1. The SMILES string of the molecule is CC/C=C\C/C=C\C/C=C\CCCCCCCCCC(=O)OC(COC(=O)CCCCCCC/C=C\CCCCCCCCC)COP(=O)(O)O. The Morgan fingerprint density at radius 1 is 0.529 bits per heavy atom. The van der Waals surface area contributed by atoms with Gasteiger partial charge >= 0.3 is 19.8 Å². The van der Waals surface area contributed by atoms with E-state index in [9.17, 15) is 14.2 Å². The number of allylic oxidation sites excluding steroid dienone is 8. The second-order valence-corrected chi connectivity index (χ2v) is 14.8. The number of rotatable bonds is 37. The van der Waals surface area contributed by atoms with Gasteiger partial charge in [-0.25, -0.2) is 4.57 Å². The zero-order chi connectivity index (χ0) is 37.5. The van der Waals surface area contributed by atoms with Gasteiger partial charge in [0.15, 0.2) is 6.10 Å². The van der Waals surface area contributed by atoms with E-state index in [1.807, 2.05) is 0 Å². The molecule has 0 aromatic carbocycles. The van der Waals surface area contributed by atoms with E-state index in [0.29, 0.717) is 12.8 Å². The average Bonchev–Trinajstić information content (AvgIpc) is 3.10. The Hall–Kier alpha value is -1.99. The monoisotopic (exact) mass is 739 g/mol. The molecule has 0 aromatic rings. The summed E-state index contributed by atoms with van der Waals surface area (Å²) in [5, 5.41) is 0. The first-order chi connectivity index (χ1) is 24.8. The van der Waals surface area contributed by atoms with Crippen LogP contribution >= 0.6 is 7.82 Å². The molecule has 0 fully saturated rings. The maximum absolute atomic E-state index is 12.4. The first-order valence-corrected chi connectivity index (χ1v) is 22.0. The molecule has 0 saturated heterocycles. The van der Waals surface area contributed by atoms with E-state index in [1.165, 1.54) is 70.6 Å². The van der Waals surface area contributed by atoms with Crippen LogP contribution in [-0.2, 0) is 28.2 Å². The van der Waals surface area contributed by atoms with E-state index < -0.39 is 32.5 Å². The maximum Gasteiger partial charge on any atom is 0.469 e. The molecular formula is C42H75O8P. The van der Waals surface area contributed by atoms with E-state index in [4.69, 9.17) is 19.3 Å². The van der Waals surface area contributed by atoms with Gasteiger partial charge in [-0.2, -0.15) is 0 Å². The maximum atomic E-state index is 12.4. The predicted octanol–water partition coefficient (Wildman–Crippen LogP) is 12.3. The molecule has 1 unspecified atom stereocenters. The van der Waals surface area contributed by atoms with Gasteiger partial charge in [0, 0.05) is 12.8 Å². The van der Waals surface area contributed by atoms with Crippen molar-refractivity contribution in [3.05, 3.63) is 48.6 Å². The highest BCUT2D eigenvalue weighted by atomic mass is 31.2. The molecule has 8 nitrogen and oxygen atoms in total. The fourth-order valence-electron chi connectivity index (χ4n) is 5.56. The highest BCUT2D eigenvalue weighted by molar-refractivity contribution is 7.46. The standard InChI is InChI=1S/C42H75O8P/c1-3-5-7-9-11-13-15-17-19-21-23-25-27-29-31-33-35-37-42(44)50-40(39-49-51(45,46)47)38-48-41(43)36-34-32-30-28-26-24-22-20-18-16-14-12-10-8-6-4-2/h5,7,11,13,17,19-20,22,40H,3-4,6,8-10,12,14-16,18,21,23-39H2,1-2H3,(H2,45,46,47)/b7-5-,13-11-,19-17-,22-20-. The van der Waals surface area contributed by atoms with Crippen LogP contribution in [0.4, 0.5) is 0 Å². The zero-order valence-electron chi connectivity index (χ0n) is 32.5. The first kappa shape index (κ1) is 49.0. The molecule has 1 atom stereocenters. The first-order valence-electron chi connectivity index (χ1n) is 20.4. The average molecular weight is 739 g/mol. The molecule has 51 heavy (non-hydrogen) atoms. The number of hydrogen-bond donors (Lipinski definition) is 2. The number of esters is 2. The van der Waals surface area contributed by atoms with Crippen LogP contribution in [0.25, 0.3) is 0 Å². The molecule has 9 heteroatoms. The minimum absolute atomic E-state index is 0.198. The second kappa shape index (κ2) is 37.8. The number of ether oxygens (including phenoxy) is 2. The van der Waals surface area contributed by atoms with Crippen LogP contribution < -0.4 is 0 Å². The zero-order valence-corrected chi connectivity index (χ0v) is 33.4. The van der Waals surface area contributed by atoms with Crippen LogP contribution in [0.15, 0.2) is 48.6 Å². The molecule has 0 spiro atoms. The third-order valence-electron chi connectivity index (χ3n) is 8.58. The third kappa shape index (κ3) is 40.6. The summed E-state index contributed by atoms with van der Waals surface area (Å²) in [6, 6.07) is 0. The summed E-state index contributed by atoms with van der Waals surface area (Å²) < 4.78 is 26.4. The van der Waals surface area contributed by atoms with Gasteiger partial charge in [0.2, 0.25) is 0 Å². The molecule has 2 N–H and O–H groups in total. The van der Waals surface area contributed by atoms with Gasteiger partial charge in [-0.15, -0.1) is 0 Å².